The van der Waals surface area contributed by atoms with Gasteiger partial charge in [0.25, 0.3) is 0 Å². The fraction of sp³-hybridized carbons (Fsp3) is 0.100. The van der Waals surface area contributed by atoms with Gasteiger partial charge in [-0.1, -0.05) is 29.8 Å². The Morgan fingerprint density at radius 2 is 1.92 bits per heavy atom. The molecule has 62 valence electrons. The zero-order valence-corrected chi connectivity index (χ0v) is 6.95. The van der Waals surface area contributed by atoms with Gasteiger partial charge < -0.3 is 5.73 Å². The molecule has 2 heteroatoms. The topological polar surface area (TPSA) is 43.1 Å². The van der Waals surface area contributed by atoms with Crippen LogP contribution in [0.25, 0.3) is 5.70 Å². The number of carbonyl (C=O) groups is 1. The number of aryl methyl sites for hydroxylation is 1. The van der Waals surface area contributed by atoms with Crippen molar-refractivity contribution < 1.29 is 4.79 Å². The minimum Gasteiger partial charge on any atom is -0.398 e. The third kappa shape index (κ3) is 1.95. The summed E-state index contributed by atoms with van der Waals surface area (Å²) in [5, 5.41) is 0. The molecule has 0 aliphatic rings. The van der Waals surface area contributed by atoms with E-state index in [1.807, 2.05) is 31.2 Å². The summed E-state index contributed by atoms with van der Waals surface area (Å²) in [7, 11) is 0. The molecular formula is C10H11NO. The predicted octanol–water partition coefficient (Wildman–Crippen LogP) is 1.49. The Bertz CT molecular complexity index is 298. The third-order valence-corrected chi connectivity index (χ3v) is 1.63. The molecule has 2 N–H and O–H groups in total. The van der Waals surface area contributed by atoms with Gasteiger partial charge in [0.15, 0.2) is 0 Å². The first kappa shape index (κ1) is 8.53. The molecule has 0 fully saturated rings. The standard InChI is InChI=1S/C10H11NO/c1-8-2-4-9(5-3-8)10(11)6-7-12/h2-7H,11H2,1H3. The van der Waals surface area contributed by atoms with Crippen LogP contribution in [0.2, 0.25) is 0 Å². The maximum Gasteiger partial charge on any atom is 0.144 e. The fourth-order valence-corrected chi connectivity index (χ4v) is 0.916. The molecule has 0 unspecified atom stereocenters. The lowest BCUT2D eigenvalue weighted by Crippen LogP contribution is -1.96. The summed E-state index contributed by atoms with van der Waals surface area (Å²) in [4.78, 5) is 10.1. The van der Waals surface area contributed by atoms with Crippen LogP contribution in [0, 0.1) is 6.92 Å². The average Bonchev–Trinajstić information content (AvgIpc) is 2.06. The van der Waals surface area contributed by atoms with Gasteiger partial charge in [0.2, 0.25) is 0 Å². The van der Waals surface area contributed by atoms with Crippen molar-refractivity contribution in [3.05, 3.63) is 41.5 Å². The van der Waals surface area contributed by atoms with Crippen molar-refractivity contribution in [2.45, 2.75) is 6.92 Å². The predicted molar refractivity (Wildman–Crippen MR) is 49.4 cm³/mol. The van der Waals surface area contributed by atoms with E-state index < -0.39 is 0 Å². The monoisotopic (exact) mass is 161 g/mol. The number of hydrogen-bond acceptors (Lipinski definition) is 2. The van der Waals surface area contributed by atoms with E-state index in [0.29, 0.717) is 12.0 Å². The molecule has 12 heavy (non-hydrogen) atoms. The minimum atomic E-state index is 0.505. The summed E-state index contributed by atoms with van der Waals surface area (Å²) in [6.45, 7) is 2.00. The summed E-state index contributed by atoms with van der Waals surface area (Å²) in [5.74, 6) is 0. The average molecular weight is 161 g/mol. The van der Waals surface area contributed by atoms with Gasteiger partial charge in [-0.3, -0.25) is 4.79 Å². The summed E-state index contributed by atoms with van der Waals surface area (Å²) >= 11 is 0. The van der Waals surface area contributed by atoms with E-state index in [1.165, 1.54) is 11.6 Å². The van der Waals surface area contributed by atoms with Crippen LogP contribution in [0.5, 0.6) is 0 Å². The van der Waals surface area contributed by atoms with Gasteiger partial charge in [-0.15, -0.1) is 0 Å². The second-order valence-corrected chi connectivity index (χ2v) is 2.62. The number of rotatable bonds is 2. The number of carbonyl (C=O) groups excluding carboxylic acids is 1. The lowest BCUT2D eigenvalue weighted by atomic mass is 10.1. The molecule has 0 saturated heterocycles. The minimum absolute atomic E-state index is 0.505. The van der Waals surface area contributed by atoms with E-state index in [9.17, 15) is 4.79 Å². The molecule has 2 nitrogen and oxygen atoms in total. The van der Waals surface area contributed by atoms with Gasteiger partial charge in [-0.25, -0.2) is 0 Å². The molecular weight excluding hydrogens is 150 g/mol. The van der Waals surface area contributed by atoms with Crippen molar-refractivity contribution in [3.8, 4) is 0 Å². The second kappa shape index (κ2) is 3.72. The van der Waals surface area contributed by atoms with E-state index in [1.54, 1.807) is 0 Å². The van der Waals surface area contributed by atoms with E-state index in [4.69, 9.17) is 5.73 Å². The van der Waals surface area contributed by atoms with Gasteiger partial charge in [0, 0.05) is 11.8 Å². The highest BCUT2D eigenvalue weighted by Crippen LogP contribution is 2.08. The highest BCUT2D eigenvalue weighted by molar-refractivity contribution is 5.79. The van der Waals surface area contributed by atoms with Crippen LogP contribution in [0.15, 0.2) is 30.3 Å². The lowest BCUT2D eigenvalue weighted by Gasteiger charge is -1.99. The first-order valence-corrected chi connectivity index (χ1v) is 3.72. The molecule has 0 atom stereocenters. The zero-order chi connectivity index (χ0) is 8.97. The van der Waals surface area contributed by atoms with Crippen LogP contribution in [-0.2, 0) is 4.79 Å². The van der Waals surface area contributed by atoms with Crippen molar-refractivity contribution in [1.82, 2.24) is 0 Å². The van der Waals surface area contributed by atoms with Crippen molar-refractivity contribution >= 4 is 12.0 Å². The molecule has 1 rings (SSSR count). The Morgan fingerprint density at radius 1 is 1.33 bits per heavy atom. The van der Waals surface area contributed by atoms with E-state index in [-0.39, 0.29) is 0 Å². The van der Waals surface area contributed by atoms with Crippen molar-refractivity contribution in [3.63, 3.8) is 0 Å². The SMILES string of the molecule is Cc1ccc(C(N)=CC=O)cc1. The highest BCUT2D eigenvalue weighted by Gasteiger charge is 1.93. The molecule has 0 heterocycles. The van der Waals surface area contributed by atoms with Crippen LogP contribution >= 0.6 is 0 Å². The highest BCUT2D eigenvalue weighted by atomic mass is 16.1. The fourth-order valence-electron chi connectivity index (χ4n) is 0.916. The van der Waals surface area contributed by atoms with Crippen molar-refractivity contribution in [2.24, 2.45) is 5.73 Å². The molecule has 1 aromatic carbocycles. The van der Waals surface area contributed by atoms with Gasteiger partial charge in [-0.05, 0) is 12.5 Å². The summed E-state index contributed by atoms with van der Waals surface area (Å²) in [6, 6.07) is 7.71. The van der Waals surface area contributed by atoms with E-state index >= 15 is 0 Å². The second-order valence-electron chi connectivity index (χ2n) is 2.62. The van der Waals surface area contributed by atoms with Gasteiger partial charge in [-0.2, -0.15) is 0 Å². The zero-order valence-electron chi connectivity index (χ0n) is 6.95. The molecule has 0 amide bonds. The van der Waals surface area contributed by atoms with Crippen LogP contribution in [0.4, 0.5) is 0 Å². The largest absolute Gasteiger partial charge is 0.398 e. The number of allylic oxidation sites excluding steroid dienone is 1. The molecule has 1 aromatic rings. The number of nitrogens with two attached hydrogens (primary N) is 1. The Labute approximate surface area is 71.7 Å². The Hall–Kier alpha value is -1.57. The third-order valence-electron chi connectivity index (χ3n) is 1.63. The normalized spacial score (nSPS) is 11.2. The molecule has 0 spiro atoms. The Morgan fingerprint density at radius 3 is 2.42 bits per heavy atom. The maximum atomic E-state index is 10.1. The van der Waals surface area contributed by atoms with Crippen molar-refractivity contribution in [1.29, 1.82) is 0 Å². The van der Waals surface area contributed by atoms with E-state index in [0.717, 1.165) is 5.56 Å². The molecule has 0 aromatic heterocycles. The van der Waals surface area contributed by atoms with Gasteiger partial charge >= 0.3 is 0 Å². The summed E-state index contributed by atoms with van der Waals surface area (Å²) in [6.07, 6.45) is 2.04. The molecule has 0 bridgehead atoms. The number of aldehydes is 1. The van der Waals surface area contributed by atoms with Crippen LogP contribution in [0.3, 0.4) is 0 Å². The molecule has 0 radical (unpaired) electrons. The van der Waals surface area contributed by atoms with Crippen LogP contribution in [0.1, 0.15) is 11.1 Å². The number of benzene rings is 1. The number of hydrogen-bond donors (Lipinski definition) is 1. The van der Waals surface area contributed by atoms with Crippen molar-refractivity contribution in [2.75, 3.05) is 0 Å². The summed E-state index contributed by atoms with van der Waals surface area (Å²) < 4.78 is 0. The maximum absolute atomic E-state index is 10.1. The quantitative estimate of drug-likeness (QED) is 0.527. The van der Waals surface area contributed by atoms with Crippen LogP contribution < -0.4 is 5.73 Å². The lowest BCUT2D eigenvalue weighted by molar-refractivity contribution is -0.104. The van der Waals surface area contributed by atoms with E-state index in [2.05, 4.69) is 0 Å². The Kier molecular flexibility index (Phi) is 2.64. The molecule has 0 saturated carbocycles. The Balaban J connectivity index is 2.97. The van der Waals surface area contributed by atoms with Crippen LogP contribution in [-0.4, -0.2) is 6.29 Å². The smallest absolute Gasteiger partial charge is 0.144 e. The van der Waals surface area contributed by atoms with Gasteiger partial charge in [0.1, 0.15) is 6.29 Å². The molecule has 0 aliphatic heterocycles. The first-order valence-electron chi connectivity index (χ1n) is 3.72. The molecule has 0 aliphatic carbocycles. The summed E-state index contributed by atoms with van der Waals surface area (Å²) in [5.41, 5.74) is 8.15. The van der Waals surface area contributed by atoms with Gasteiger partial charge in [0.05, 0.1) is 0 Å². The first-order chi connectivity index (χ1) is 5.74.